The van der Waals surface area contributed by atoms with Gasteiger partial charge in [0.25, 0.3) is 0 Å². The molecule has 0 aliphatic carbocycles. The molecule has 1 fully saturated rings. The lowest BCUT2D eigenvalue weighted by atomic mass is 10.5. The average Bonchev–Trinajstić information content (AvgIpc) is 2.15. The van der Waals surface area contributed by atoms with Crippen LogP contribution in [0, 0.1) is 0 Å². The van der Waals surface area contributed by atoms with Crippen LogP contribution >= 0.6 is 11.8 Å². The lowest BCUT2D eigenvalue weighted by molar-refractivity contribution is 0.254. The minimum Gasteiger partial charge on any atom is -0.480 e. The second-order valence-corrected chi connectivity index (χ2v) is 2.95. The summed E-state index contributed by atoms with van der Waals surface area (Å²) in [5.41, 5.74) is 0. The maximum absolute atomic E-state index is 5.21. The molecule has 0 aromatic rings. The fraction of sp³-hybridized carbons (Fsp3) is 0.600. The molecule has 2 aliphatic heterocycles. The topological polar surface area (TPSA) is 21.3 Å². The van der Waals surface area contributed by atoms with Crippen molar-refractivity contribution in [2.45, 2.75) is 5.37 Å². The Morgan fingerprint density at radius 3 is 3.75 bits per heavy atom. The van der Waals surface area contributed by atoms with Gasteiger partial charge in [-0.2, -0.15) is 0 Å². The van der Waals surface area contributed by atoms with E-state index in [2.05, 4.69) is 11.4 Å². The number of fused-ring (bicyclic) bond motifs is 1. The van der Waals surface area contributed by atoms with E-state index < -0.39 is 0 Å². The summed E-state index contributed by atoms with van der Waals surface area (Å²) in [6.07, 6.45) is 2.13. The zero-order valence-electron chi connectivity index (χ0n) is 4.39. The summed E-state index contributed by atoms with van der Waals surface area (Å²) in [5.74, 6) is 2.24. The molecule has 1 saturated heterocycles. The van der Waals surface area contributed by atoms with Crippen molar-refractivity contribution in [1.29, 1.82) is 0 Å². The van der Waals surface area contributed by atoms with E-state index in [1.165, 1.54) is 0 Å². The third-order valence-corrected chi connectivity index (χ3v) is 2.40. The highest BCUT2D eigenvalue weighted by Gasteiger charge is 2.25. The van der Waals surface area contributed by atoms with Crippen molar-refractivity contribution in [3.63, 3.8) is 0 Å². The Bertz CT molecular complexity index is 134. The summed E-state index contributed by atoms with van der Waals surface area (Å²) < 4.78 is 5.21. The number of hydrogen-bond donors (Lipinski definition) is 1. The van der Waals surface area contributed by atoms with E-state index in [9.17, 15) is 0 Å². The van der Waals surface area contributed by atoms with Crippen molar-refractivity contribution < 1.29 is 4.74 Å². The van der Waals surface area contributed by atoms with Crippen LogP contribution in [-0.4, -0.2) is 17.9 Å². The molecule has 2 rings (SSSR count). The fourth-order valence-electron chi connectivity index (χ4n) is 0.910. The molecule has 2 aliphatic rings. The molecule has 44 valence electrons. The predicted octanol–water partition coefficient (Wildman–Crippen LogP) is 0.520. The zero-order chi connectivity index (χ0) is 5.40. The van der Waals surface area contributed by atoms with Gasteiger partial charge in [-0.05, 0) is 6.08 Å². The second-order valence-electron chi connectivity index (χ2n) is 1.81. The van der Waals surface area contributed by atoms with Crippen LogP contribution in [0.5, 0.6) is 0 Å². The smallest absolute Gasteiger partial charge is 0.140 e. The third-order valence-electron chi connectivity index (χ3n) is 1.31. The molecular weight excluding hydrogens is 122 g/mol. The maximum Gasteiger partial charge on any atom is 0.140 e. The molecule has 0 saturated carbocycles. The van der Waals surface area contributed by atoms with Crippen LogP contribution in [-0.2, 0) is 4.74 Å². The molecule has 0 radical (unpaired) electrons. The van der Waals surface area contributed by atoms with E-state index in [4.69, 9.17) is 4.74 Å². The molecule has 0 spiro atoms. The Labute approximate surface area is 52.3 Å². The van der Waals surface area contributed by atoms with Crippen LogP contribution < -0.4 is 5.32 Å². The standard InChI is InChI=1S/C5H7NOS/c1-2-8-5-4(1)7-3-6-5/h1,5-6H,2-3H2. The van der Waals surface area contributed by atoms with Gasteiger partial charge in [0.1, 0.15) is 17.9 Å². The Balaban J connectivity index is 2.20. The van der Waals surface area contributed by atoms with Gasteiger partial charge in [0, 0.05) is 5.75 Å². The highest BCUT2D eigenvalue weighted by molar-refractivity contribution is 8.00. The van der Waals surface area contributed by atoms with Crippen LogP contribution in [0.3, 0.4) is 0 Å². The Morgan fingerprint density at radius 2 is 2.88 bits per heavy atom. The molecule has 3 heteroatoms. The summed E-state index contributed by atoms with van der Waals surface area (Å²) in [6.45, 7) is 0.698. The number of nitrogens with one attached hydrogen (secondary N) is 1. The van der Waals surface area contributed by atoms with E-state index in [1.807, 2.05) is 11.8 Å². The Hall–Kier alpha value is -0.150. The lowest BCUT2D eigenvalue weighted by Gasteiger charge is -1.96. The predicted molar refractivity (Wildman–Crippen MR) is 33.4 cm³/mol. The van der Waals surface area contributed by atoms with Gasteiger partial charge in [0.05, 0.1) is 0 Å². The van der Waals surface area contributed by atoms with E-state index in [1.54, 1.807) is 0 Å². The van der Waals surface area contributed by atoms with Gasteiger partial charge >= 0.3 is 0 Å². The van der Waals surface area contributed by atoms with Crippen molar-refractivity contribution in [1.82, 2.24) is 5.32 Å². The van der Waals surface area contributed by atoms with Gasteiger partial charge in [-0.15, -0.1) is 11.8 Å². The Kier molecular flexibility index (Phi) is 0.981. The summed E-state index contributed by atoms with van der Waals surface area (Å²) >= 11 is 1.88. The quantitative estimate of drug-likeness (QED) is 0.515. The molecule has 2 heterocycles. The average molecular weight is 129 g/mol. The van der Waals surface area contributed by atoms with Crippen LogP contribution in [0.4, 0.5) is 0 Å². The van der Waals surface area contributed by atoms with Gasteiger partial charge in [0.15, 0.2) is 0 Å². The normalized spacial score (nSPS) is 34.0. The molecular formula is C5H7NOS. The molecule has 0 bridgehead atoms. The van der Waals surface area contributed by atoms with E-state index >= 15 is 0 Å². The molecule has 1 atom stereocenters. The van der Waals surface area contributed by atoms with Crippen molar-refractivity contribution in [3.8, 4) is 0 Å². The van der Waals surface area contributed by atoms with Gasteiger partial charge in [-0.3, -0.25) is 5.32 Å². The minimum absolute atomic E-state index is 0.481. The van der Waals surface area contributed by atoms with Crippen LogP contribution in [0.1, 0.15) is 0 Å². The van der Waals surface area contributed by atoms with Crippen molar-refractivity contribution in [2.75, 3.05) is 12.5 Å². The van der Waals surface area contributed by atoms with Crippen molar-refractivity contribution in [3.05, 3.63) is 11.8 Å². The van der Waals surface area contributed by atoms with Gasteiger partial charge in [-0.1, -0.05) is 0 Å². The van der Waals surface area contributed by atoms with Crippen molar-refractivity contribution >= 4 is 11.8 Å². The first-order valence-electron chi connectivity index (χ1n) is 2.65. The van der Waals surface area contributed by atoms with Crippen LogP contribution in [0.15, 0.2) is 11.8 Å². The Morgan fingerprint density at radius 1 is 1.88 bits per heavy atom. The number of ether oxygens (including phenoxy) is 1. The SMILES string of the molecule is C1=C2OCNC2SC1. The molecule has 0 amide bonds. The number of hydrogen-bond acceptors (Lipinski definition) is 3. The first-order chi connectivity index (χ1) is 3.97. The minimum atomic E-state index is 0.481. The summed E-state index contributed by atoms with van der Waals surface area (Å²) in [4.78, 5) is 0. The third kappa shape index (κ3) is 0.548. The van der Waals surface area contributed by atoms with Crippen LogP contribution in [0.25, 0.3) is 0 Å². The highest BCUT2D eigenvalue weighted by atomic mass is 32.2. The first kappa shape index (κ1) is 4.70. The molecule has 0 aromatic carbocycles. The van der Waals surface area contributed by atoms with E-state index in [0.717, 1.165) is 11.5 Å². The largest absolute Gasteiger partial charge is 0.480 e. The summed E-state index contributed by atoms with van der Waals surface area (Å²) in [5, 5.41) is 3.67. The fourth-order valence-corrected chi connectivity index (χ4v) is 1.88. The van der Waals surface area contributed by atoms with Crippen LogP contribution in [0.2, 0.25) is 0 Å². The first-order valence-corrected chi connectivity index (χ1v) is 3.69. The molecule has 0 aromatic heterocycles. The monoisotopic (exact) mass is 129 g/mol. The second kappa shape index (κ2) is 1.67. The van der Waals surface area contributed by atoms with E-state index in [0.29, 0.717) is 12.1 Å². The lowest BCUT2D eigenvalue weighted by Crippen LogP contribution is -2.16. The molecule has 1 unspecified atom stereocenters. The molecule has 1 N–H and O–H groups in total. The number of rotatable bonds is 0. The van der Waals surface area contributed by atoms with Crippen molar-refractivity contribution in [2.24, 2.45) is 0 Å². The highest BCUT2D eigenvalue weighted by Crippen LogP contribution is 2.28. The maximum atomic E-state index is 5.21. The van der Waals surface area contributed by atoms with E-state index in [-0.39, 0.29) is 0 Å². The summed E-state index contributed by atoms with van der Waals surface area (Å²) in [6, 6.07) is 0. The summed E-state index contributed by atoms with van der Waals surface area (Å²) in [7, 11) is 0. The zero-order valence-corrected chi connectivity index (χ0v) is 5.20. The van der Waals surface area contributed by atoms with Gasteiger partial charge < -0.3 is 4.74 Å². The van der Waals surface area contributed by atoms with Gasteiger partial charge in [-0.25, -0.2) is 0 Å². The molecule has 2 nitrogen and oxygen atoms in total. The molecule has 8 heavy (non-hydrogen) atoms. The van der Waals surface area contributed by atoms with Gasteiger partial charge in [0.2, 0.25) is 0 Å². The number of thioether (sulfide) groups is 1.